The Morgan fingerprint density at radius 1 is 0.806 bits per heavy atom. The second kappa shape index (κ2) is 6.94. The van der Waals surface area contributed by atoms with Crippen molar-refractivity contribution in [3.63, 3.8) is 0 Å². The lowest BCUT2D eigenvalue weighted by atomic mass is 9.86. The summed E-state index contributed by atoms with van der Waals surface area (Å²) in [5, 5.41) is 7.59. The summed E-state index contributed by atoms with van der Waals surface area (Å²) in [6.45, 7) is 11.4. The van der Waals surface area contributed by atoms with Gasteiger partial charge in [-0.05, 0) is 70.7 Å². The van der Waals surface area contributed by atoms with Crippen LogP contribution in [0.2, 0.25) is 0 Å². The lowest BCUT2D eigenvalue weighted by Gasteiger charge is -2.20. The molecule has 2 nitrogen and oxygen atoms in total. The molecule has 0 atom stereocenters. The number of aryl methyl sites for hydroxylation is 3. The van der Waals surface area contributed by atoms with Crippen LogP contribution in [0.25, 0.3) is 59.8 Å². The topological polar surface area (TPSA) is 8.29 Å². The number of para-hydroxylation sites is 1. The van der Waals surface area contributed by atoms with Gasteiger partial charge < -0.3 is 4.40 Å². The third-order valence-electron chi connectivity index (χ3n) is 8.04. The monoisotopic (exact) mass is 473 g/mol. The van der Waals surface area contributed by atoms with Crippen molar-refractivity contribution in [2.24, 2.45) is 12.5 Å². The van der Waals surface area contributed by atoms with Crippen molar-refractivity contribution in [1.29, 1.82) is 0 Å². The molecule has 0 amide bonds. The Morgan fingerprint density at radius 3 is 2.36 bits per heavy atom. The highest BCUT2D eigenvalue weighted by Gasteiger charge is 2.27. The van der Waals surface area contributed by atoms with Crippen LogP contribution in [0.1, 0.15) is 37.5 Å². The number of hydrogen-bond acceptors (Lipinski definition) is 0. The molecule has 0 spiro atoms. The number of halogens is 1. The highest BCUT2D eigenvalue weighted by atomic mass is 19.1. The molecule has 0 N–H and O–H groups in total. The van der Waals surface area contributed by atoms with Crippen LogP contribution in [0.5, 0.6) is 0 Å². The predicted molar refractivity (Wildman–Crippen MR) is 150 cm³/mol. The van der Waals surface area contributed by atoms with Crippen molar-refractivity contribution >= 4 is 59.8 Å². The minimum atomic E-state index is -0.155. The van der Waals surface area contributed by atoms with Gasteiger partial charge in [0.15, 0.2) is 6.20 Å². The summed E-state index contributed by atoms with van der Waals surface area (Å²) < 4.78 is 20.2. The number of fused-ring (bicyclic) bond motifs is 7. The molecule has 3 heterocycles. The molecular formula is C33H30FN2+. The average Bonchev–Trinajstić information content (AvgIpc) is 3.18. The third-order valence-corrected chi connectivity index (χ3v) is 8.04. The minimum Gasteiger partial charge on any atom is -0.307 e. The molecule has 0 unspecified atom stereocenters. The van der Waals surface area contributed by atoms with Crippen molar-refractivity contribution in [2.75, 3.05) is 0 Å². The van der Waals surface area contributed by atoms with E-state index in [0.717, 1.165) is 33.6 Å². The predicted octanol–water partition coefficient (Wildman–Crippen LogP) is 8.31. The average molecular weight is 474 g/mol. The van der Waals surface area contributed by atoms with Gasteiger partial charge in [0.25, 0.3) is 0 Å². The first-order valence-corrected chi connectivity index (χ1v) is 12.8. The Morgan fingerprint density at radius 2 is 1.58 bits per heavy atom. The smallest absolute Gasteiger partial charge is 0.224 e. The minimum absolute atomic E-state index is 0.155. The van der Waals surface area contributed by atoms with E-state index in [1.54, 1.807) is 6.07 Å². The fourth-order valence-electron chi connectivity index (χ4n) is 6.64. The SMILES string of the molecule is Cc1c2cc(CC(C)(C)C)ccc2c(C)c2c1c1c3c(cc[n+]1C)cc(F)c1c4ccccc4n2c13. The summed E-state index contributed by atoms with van der Waals surface area (Å²) in [6, 6.07) is 19.0. The molecule has 178 valence electrons. The van der Waals surface area contributed by atoms with Crippen LogP contribution in [0.15, 0.2) is 60.8 Å². The van der Waals surface area contributed by atoms with E-state index in [0.29, 0.717) is 5.39 Å². The van der Waals surface area contributed by atoms with Crippen LogP contribution in [0.3, 0.4) is 0 Å². The van der Waals surface area contributed by atoms with Crippen LogP contribution in [0.4, 0.5) is 4.39 Å². The molecule has 7 aromatic rings. The molecular weight excluding hydrogens is 443 g/mol. The number of rotatable bonds is 1. The van der Waals surface area contributed by atoms with Crippen LogP contribution < -0.4 is 4.57 Å². The van der Waals surface area contributed by atoms with Gasteiger partial charge in [-0.2, -0.15) is 0 Å². The van der Waals surface area contributed by atoms with Crippen molar-refractivity contribution in [2.45, 2.75) is 41.0 Å². The van der Waals surface area contributed by atoms with E-state index >= 15 is 4.39 Å². The van der Waals surface area contributed by atoms with Crippen LogP contribution in [-0.2, 0) is 13.5 Å². The zero-order valence-corrected chi connectivity index (χ0v) is 21.8. The van der Waals surface area contributed by atoms with E-state index in [1.165, 1.54) is 43.9 Å². The second-order valence-corrected chi connectivity index (χ2v) is 11.8. The molecule has 3 aromatic heterocycles. The maximum atomic E-state index is 15.7. The summed E-state index contributed by atoms with van der Waals surface area (Å²) in [6.07, 6.45) is 3.10. The first-order chi connectivity index (χ1) is 17.2. The molecule has 0 fully saturated rings. The van der Waals surface area contributed by atoms with Gasteiger partial charge in [-0.1, -0.05) is 57.2 Å². The molecule has 0 aliphatic carbocycles. The standard InChI is InChI=1S/C33H30FN2/c1-18-24-15-20(17-33(3,4)5)11-12-22(24)19(2)30-27(18)31-28-21(13-14-35(31)6)16-25(34)29-23-9-7-8-10-26(23)36(30)32(28)29/h7-16H,17H2,1-6H3/q+1. The lowest BCUT2D eigenvalue weighted by molar-refractivity contribution is -0.643. The van der Waals surface area contributed by atoms with Gasteiger partial charge in [-0.25, -0.2) is 8.96 Å². The van der Waals surface area contributed by atoms with Gasteiger partial charge in [0.2, 0.25) is 5.52 Å². The normalized spacial score (nSPS) is 13.0. The quantitative estimate of drug-likeness (QED) is 0.129. The van der Waals surface area contributed by atoms with Crippen molar-refractivity contribution in [3.8, 4) is 0 Å². The van der Waals surface area contributed by atoms with Crippen molar-refractivity contribution in [3.05, 3.63) is 83.3 Å². The Labute approximate surface area is 209 Å². The highest BCUT2D eigenvalue weighted by Crippen LogP contribution is 2.44. The fraction of sp³-hybridized carbons (Fsp3) is 0.242. The summed E-state index contributed by atoms with van der Waals surface area (Å²) in [5.41, 5.74) is 8.50. The van der Waals surface area contributed by atoms with Gasteiger partial charge in [-0.15, -0.1) is 0 Å². The number of hydrogen-bond donors (Lipinski definition) is 0. The van der Waals surface area contributed by atoms with Crippen molar-refractivity contribution in [1.82, 2.24) is 4.40 Å². The fourth-order valence-corrected chi connectivity index (χ4v) is 6.64. The molecule has 0 aliphatic rings. The van der Waals surface area contributed by atoms with E-state index < -0.39 is 0 Å². The molecule has 7 rings (SSSR count). The Bertz CT molecular complexity index is 2040. The number of benzene rings is 4. The van der Waals surface area contributed by atoms with Crippen molar-refractivity contribution < 1.29 is 8.96 Å². The molecule has 36 heavy (non-hydrogen) atoms. The second-order valence-electron chi connectivity index (χ2n) is 11.8. The first kappa shape index (κ1) is 21.6. The van der Waals surface area contributed by atoms with Gasteiger partial charge in [0.1, 0.15) is 12.9 Å². The first-order valence-electron chi connectivity index (χ1n) is 12.8. The number of pyridine rings is 2. The molecule has 3 heteroatoms. The maximum absolute atomic E-state index is 15.7. The van der Waals surface area contributed by atoms with Crippen LogP contribution in [0, 0.1) is 25.1 Å². The molecule has 0 saturated carbocycles. The van der Waals surface area contributed by atoms with Gasteiger partial charge in [0.05, 0.1) is 27.3 Å². The van der Waals surface area contributed by atoms with E-state index in [9.17, 15) is 0 Å². The Kier molecular flexibility index (Phi) is 4.16. The largest absolute Gasteiger partial charge is 0.307 e. The number of aromatic nitrogens is 2. The van der Waals surface area contributed by atoms with E-state index in [-0.39, 0.29) is 11.2 Å². The summed E-state index contributed by atoms with van der Waals surface area (Å²) in [4.78, 5) is 0. The summed E-state index contributed by atoms with van der Waals surface area (Å²) in [5.74, 6) is -0.155. The third kappa shape index (κ3) is 2.69. The molecule has 4 aromatic carbocycles. The summed E-state index contributed by atoms with van der Waals surface area (Å²) in [7, 11) is 2.11. The van der Waals surface area contributed by atoms with E-state index in [4.69, 9.17) is 0 Å². The van der Waals surface area contributed by atoms with Gasteiger partial charge in [0, 0.05) is 16.8 Å². The maximum Gasteiger partial charge on any atom is 0.224 e. The van der Waals surface area contributed by atoms with Crippen LogP contribution >= 0.6 is 0 Å². The zero-order valence-electron chi connectivity index (χ0n) is 21.8. The van der Waals surface area contributed by atoms with Crippen LogP contribution in [-0.4, -0.2) is 4.40 Å². The molecule has 0 radical (unpaired) electrons. The Hall–Kier alpha value is -3.72. The lowest BCUT2D eigenvalue weighted by Crippen LogP contribution is -2.29. The van der Waals surface area contributed by atoms with E-state index in [2.05, 4.69) is 93.2 Å². The van der Waals surface area contributed by atoms with E-state index in [1.807, 2.05) is 12.1 Å². The van der Waals surface area contributed by atoms with Gasteiger partial charge in [-0.3, -0.25) is 0 Å². The van der Waals surface area contributed by atoms with Gasteiger partial charge >= 0.3 is 0 Å². The summed E-state index contributed by atoms with van der Waals surface area (Å²) >= 11 is 0. The highest BCUT2D eigenvalue weighted by molar-refractivity contribution is 6.29. The Balaban J connectivity index is 1.82. The molecule has 0 aliphatic heterocycles. The zero-order chi connectivity index (χ0) is 25.1. The molecule has 0 bridgehead atoms. The number of nitrogens with zero attached hydrogens (tertiary/aromatic N) is 2. The molecule has 0 saturated heterocycles.